The van der Waals surface area contributed by atoms with Crippen molar-refractivity contribution in [1.29, 1.82) is 0 Å². The number of hydrogen-bond acceptors (Lipinski definition) is 2. The average molecular weight is 357 g/mol. The van der Waals surface area contributed by atoms with Gasteiger partial charge in [-0.25, -0.2) is 0 Å². The van der Waals surface area contributed by atoms with Gasteiger partial charge in [0.1, 0.15) is 5.75 Å². The molecule has 1 atom stereocenters. The number of benzene rings is 2. The van der Waals surface area contributed by atoms with Crippen LogP contribution in [0.4, 0.5) is 0 Å². The van der Waals surface area contributed by atoms with Crippen LogP contribution < -0.4 is 4.74 Å². The lowest BCUT2D eigenvalue weighted by atomic mass is 10.0. The van der Waals surface area contributed by atoms with E-state index in [1.54, 1.807) is 0 Å². The van der Waals surface area contributed by atoms with Crippen molar-refractivity contribution in [2.24, 2.45) is 0 Å². The van der Waals surface area contributed by atoms with Gasteiger partial charge in [-0.2, -0.15) is 12.6 Å². The highest BCUT2D eigenvalue weighted by molar-refractivity contribution is 7.80. The third-order valence-electron chi connectivity index (χ3n) is 4.58. The van der Waals surface area contributed by atoms with Crippen molar-refractivity contribution in [1.82, 2.24) is 0 Å². The van der Waals surface area contributed by atoms with E-state index in [4.69, 9.17) is 17.4 Å². The van der Waals surface area contributed by atoms with Crippen LogP contribution in [0.3, 0.4) is 0 Å². The Morgan fingerprint density at radius 1 is 0.760 bits per heavy atom. The third kappa shape index (κ3) is 6.78. The van der Waals surface area contributed by atoms with E-state index in [0.29, 0.717) is 0 Å². The lowest BCUT2D eigenvalue weighted by molar-refractivity contribution is 0.306. The Labute approximate surface area is 159 Å². The van der Waals surface area contributed by atoms with Crippen LogP contribution in [0.15, 0.2) is 48.5 Å². The molecule has 0 radical (unpaired) electrons. The summed E-state index contributed by atoms with van der Waals surface area (Å²) >= 11 is 4.82. The molecule has 0 aliphatic carbocycles. The minimum atomic E-state index is 0.110. The molecule has 2 aromatic rings. The summed E-state index contributed by atoms with van der Waals surface area (Å²) in [6, 6.07) is 17.3. The largest absolute Gasteiger partial charge is 0.494 e. The molecular formula is C23H32OS. The molecule has 0 aliphatic rings. The summed E-state index contributed by atoms with van der Waals surface area (Å²) in [7, 11) is 0. The van der Waals surface area contributed by atoms with Gasteiger partial charge in [0.2, 0.25) is 0 Å². The van der Waals surface area contributed by atoms with Gasteiger partial charge < -0.3 is 4.74 Å². The van der Waals surface area contributed by atoms with E-state index in [1.807, 2.05) is 0 Å². The summed E-state index contributed by atoms with van der Waals surface area (Å²) in [6.45, 7) is 5.26. The molecule has 136 valence electrons. The van der Waals surface area contributed by atoms with Crippen LogP contribution in [0, 0.1) is 0 Å². The minimum absolute atomic E-state index is 0.110. The summed E-state index contributed by atoms with van der Waals surface area (Å²) in [5.74, 6) is 0.951. The Kier molecular flexibility index (Phi) is 8.96. The Morgan fingerprint density at radius 2 is 1.32 bits per heavy atom. The molecule has 0 bridgehead atoms. The maximum atomic E-state index is 5.79. The fourth-order valence-corrected chi connectivity index (χ4v) is 3.27. The van der Waals surface area contributed by atoms with E-state index in [2.05, 4.69) is 62.4 Å². The van der Waals surface area contributed by atoms with Crippen LogP contribution in [-0.2, 0) is 6.42 Å². The van der Waals surface area contributed by atoms with E-state index in [0.717, 1.165) is 18.8 Å². The molecule has 2 rings (SSSR count). The molecule has 1 unspecified atom stereocenters. The van der Waals surface area contributed by atoms with Gasteiger partial charge >= 0.3 is 0 Å². The molecule has 0 spiro atoms. The zero-order valence-corrected chi connectivity index (χ0v) is 16.6. The quantitative estimate of drug-likeness (QED) is 0.336. The van der Waals surface area contributed by atoms with Gasteiger partial charge in [0.05, 0.1) is 11.9 Å². The van der Waals surface area contributed by atoms with E-state index in [9.17, 15) is 0 Å². The smallest absolute Gasteiger partial charge is 0.119 e. The molecule has 2 heteroatoms. The molecule has 0 aromatic heterocycles. The van der Waals surface area contributed by atoms with Gasteiger partial charge in [0.15, 0.2) is 0 Å². The predicted molar refractivity (Wildman–Crippen MR) is 112 cm³/mol. The van der Waals surface area contributed by atoms with E-state index >= 15 is 0 Å². The number of ether oxygens (including phenoxy) is 1. The average Bonchev–Trinajstić information content (AvgIpc) is 2.66. The third-order valence-corrected chi connectivity index (χ3v) is 5.17. The number of aryl methyl sites for hydroxylation is 1. The first-order valence-corrected chi connectivity index (χ1v) is 10.3. The van der Waals surface area contributed by atoms with Gasteiger partial charge in [0.25, 0.3) is 0 Å². The number of unbranched alkanes of at least 4 members (excludes halogenated alkanes) is 4. The monoisotopic (exact) mass is 356 g/mol. The zero-order chi connectivity index (χ0) is 17.9. The molecule has 2 aromatic carbocycles. The molecule has 0 amide bonds. The van der Waals surface area contributed by atoms with Crippen LogP contribution in [0.5, 0.6) is 5.75 Å². The highest BCUT2D eigenvalue weighted by Gasteiger charge is 2.09. The number of rotatable bonds is 11. The highest BCUT2D eigenvalue weighted by Crippen LogP contribution is 2.30. The van der Waals surface area contributed by atoms with Crippen molar-refractivity contribution in [2.75, 3.05) is 6.61 Å². The van der Waals surface area contributed by atoms with Crippen LogP contribution in [-0.4, -0.2) is 6.61 Å². The molecule has 0 saturated carbocycles. The van der Waals surface area contributed by atoms with Crippen LogP contribution >= 0.6 is 12.6 Å². The van der Waals surface area contributed by atoms with Gasteiger partial charge in [-0.3, -0.25) is 0 Å². The summed E-state index contributed by atoms with van der Waals surface area (Å²) in [6.07, 6.45) is 8.61. The Balaban J connectivity index is 1.89. The van der Waals surface area contributed by atoms with Crippen molar-refractivity contribution < 1.29 is 4.74 Å². The molecule has 25 heavy (non-hydrogen) atoms. The summed E-state index contributed by atoms with van der Waals surface area (Å²) in [5, 5.41) is 0.110. The molecular weight excluding hydrogens is 324 g/mol. The molecule has 0 fully saturated rings. The highest BCUT2D eigenvalue weighted by atomic mass is 32.1. The molecule has 0 N–H and O–H groups in total. The van der Waals surface area contributed by atoms with Crippen LogP contribution in [0.1, 0.15) is 74.3 Å². The molecule has 0 aliphatic heterocycles. The first kappa shape index (κ1) is 19.9. The lowest BCUT2D eigenvalue weighted by Crippen LogP contribution is -1.98. The van der Waals surface area contributed by atoms with E-state index in [1.165, 1.54) is 55.2 Å². The van der Waals surface area contributed by atoms with Crippen LogP contribution in [0.2, 0.25) is 0 Å². The molecule has 1 nitrogen and oxygen atoms in total. The second-order valence-electron chi connectivity index (χ2n) is 6.73. The van der Waals surface area contributed by atoms with Gasteiger partial charge in [-0.1, -0.05) is 75.9 Å². The van der Waals surface area contributed by atoms with Gasteiger partial charge in [-0.15, -0.1) is 0 Å². The first-order chi connectivity index (χ1) is 12.2. The summed E-state index contributed by atoms with van der Waals surface area (Å²) < 4.78 is 5.79. The Bertz CT molecular complexity index is 588. The van der Waals surface area contributed by atoms with Crippen molar-refractivity contribution in [2.45, 2.75) is 64.0 Å². The van der Waals surface area contributed by atoms with Crippen molar-refractivity contribution in [3.05, 3.63) is 65.2 Å². The number of hydrogen-bond donors (Lipinski definition) is 1. The maximum absolute atomic E-state index is 5.79. The summed E-state index contributed by atoms with van der Waals surface area (Å²) in [5.41, 5.74) is 3.88. The zero-order valence-electron chi connectivity index (χ0n) is 15.7. The second kappa shape index (κ2) is 11.3. The standard InChI is InChI=1S/C23H32OS/c1-3-5-7-9-19-10-12-20(13-11-19)23(25)21-14-16-22(17-15-21)24-18-8-6-4-2/h10-17,23,25H,3-9,18H2,1-2H3. The Morgan fingerprint density at radius 3 is 1.92 bits per heavy atom. The van der Waals surface area contributed by atoms with Gasteiger partial charge in [-0.05, 0) is 48.1 Å². The normalized spacial score (nSPS) is 12.1. The molecule has 0 heterocycles. The van der Waals surface area contributed by atoms with Crippen molar-refractivity contribution in [3.8, 4) is 5.75 Å². The lowest BCUT2D eigenvalue weighted by Gasteiger charge is -2.13. The summed E-state index contributed by atoms with van der Waals surface area (Å²) in [4.78, 5) is 0. The fraction of sp³-hybridized carbons (Fsp3) is 0.478. The number of thiol groups is 1. The minimum Gasteiger partial charge on any atom is -0.494 e. The fourth-order valence-electron chi connectivity index (χ4n) is 2.93. The first-order valence-electron chi connectivity index (χ1n) is 9.74. The predicted octanol–water partition coefficient (Wildman–Crippen LogP) is 7.01. The molecule has 0 saturated heterocycles. The van der Waals surface area contributed by atoms with Gasteiger partial charge in [0, 0.05) is 0 Å². The van der Waals surface area contributed by atoms with Crippen molar-refractivity contribution in [3.63, 3.8) is 0 Å². The second-order valence-corrected chi connectivity index (χ2v) is 7.24. The maximum Gasteiger partial charge on any atom is 0.119 e. The van der Waals surface area contributed by atoms with E-state index < -0.39 is 0 Å². The SMILES string of the molecule is CCCCCOc1ccc(C(S)c2ccc(CCCCC)cc2)cc1. The van der Waals surface area contributed by atoms with Crippen LogP contribution in [0.25, 0.3) is 0 Å². The Hall–Kier alpha value is -1.41. The topological polar surface area (TPSA) is 9.23 Å². The van der Waals surface area contributed by atoms with E-state index in [-0.39, 0.29) is 5.25 Å². The van der Waals surface area contributed by atoms with Crippen molar-refractivity contribution >= 4 is 12.6 Å².